The second-order valence-electron chi connectivity index (χ2n) is 5.66. The highest BCUT2D eigenvalue weighted by Gasteiger charge is 2.23. The van der Waals surface area contributed by atoms with Gasteiger partial charge in [0.25, 0.3) is 5.91 Å². The molecule has 98 valence electrons. The number of hydrogen-bond donors (Lipinski definition) is 1. The Hall–Kier alpha value is -1.31. The molecule has 1 saturated carbocycles. The second kappa shape index (κ2) is 5.55. The monoisotopic (exact) mass is 245 g/mol. The normalized spacial score (nSPS) is 23.7. The maximum absolute atomic E-state index is 12.3. The first-order chi connectivity index (χ1) is 8.58. The fourth-order valence-corrected chi connectivity index (χ4v) is 2.85. The average molecular weight is 245 g/mol. The van der Waals surface area contributed by atoms with E-state index in [0.29, 0.717) is 12.0 Å². The average Bonchev–Trinajstić information content (AvgIpc) is 2.32. The van der Waals surface area contributed by atoms with Crippen LogP contribution in [0.1, 0.15) is 54.1 Å². The Morgan fingerprint density at radius 3 is 2.61 bits per heavy atom. The van der Waals surface area contributed by atoms with Gasteiger partial charge in [-0.15, -0.1) is 0 Å². The summed E-state index contributed by atoms with van der Waals surface area (Å²) in [6.45, 7) is 6.30. The molecule has 1 aliphatic carbocycles. The predicted molar refractivity (Wildman–Crippen MR) is 74.8 cm³/mol. The third kappa shape index (κ3) is 2.92. The highest BCUT2D eigenvalue weighted by Crippen LogP contribution is 2.24. The SMILES string of the molecule is Cc1ccc(C(=O)N[C@@H]2CCCC[C@@H]2C)c(C)c1. The molecule has 2 rings (SSSR count). The summed E-state index contributed by atoms with van der Waals surface area (Å²) in [4.78, 5) is 12.3. The molecule has 18 heavy (non-hydrogen) atoms. The third-order valence-corrected chi connectivity index (χ3v) is 4.05. The van der Waals surface area contributed by atoms with Gasteiger partial charge in [-0.1, -0.05) is 37.5 Å². The minimum Gasteiger partial charge on any atom is -0.349 e. The van der Waals surface area contributed by atoms with Crippen LogP contribution in [0.2, 0.25) is 0 Å². The van der Waals surface area contributed by atoms with Crippen molar-refractivity contribution in [1.82, 2.24) is 5.32 Å². The molecule has 1 fully saturated rings. The standard InChI is InChI=1S/C16H23NO/c1-11-8-9-14(13(3)10-11)16(18)17-15-7-5-4-6-12(15)2/h8-10,12,15H,4-7H2,1-3H3,(H,17,18)/t12-,15+/m0/s1. The van der Waals surface area contributed by atoms with Gasteiger partial charge in [0.1, 0.15) is 0 Å². The number of amides is 1. The number of benzene rings is 1. The number of carbonyl (C=O) groups is 1. The van der Waals surface area contributed by atoms with Crippen molar-refractivity contribution >= 4 is 5.91 Å². The van der Waals surface area contributed by atoms with E-state index in [1.54, 1.807) is 0 Å². The van der Waals surface area contributed by atoms with Crippen LogP contribution < -0.4 is 5.32 Å². The van der Waals surface area contributed by atoms with E-state index in [4.69, 9.17) is 0 Å². The van der Waals surface area contributed by atoms with Crippen molar-refractivity contribution in [3.8, 4) is 0 Å². The van der Waals surface area contributed by atoms with E-state index in [0.717, 1.165) is 17.5 Å². The lowest BCUT2D eigenvalue weighted by molar-refractivity contribution is 0.0909. The minimum atomic E-state index is 0.0891. The fraction of sp³-hybridized carbons (Fsp3) is 0.562. The summed E-state index contributed by atoms with van der Waals surface area (Å²) < 4.78 is 0. The third-order valence-electron chi connectivity index (χ3n) is 4.05. The molecule has 0 aromatic heterocycles. The Labute approximate surface area is 110 Å². The lowest BCUT2D eigenvalue weighted by atomic mass is 9.85. The summed E-state index contributed by atoms with van der Waals surface area (Å²) >= 11 is 0. The topological polar surface area (TPSA) is 29.1 Å². The lowest BCUT2D eigenvalue weighted by Crippen LogP contribution is -2.41. The molecule has 1 aromatic carbocycles. The van der Waals surface area contributed by atoms with Crippen molar-refractivity contribution in [2.24, 2.45) is 5.92 Å². The molecule has 1 N–H and O–H groups in total. The molecule has 0 saturated heterocycles. The van der Waals surface area contributed by atoms with Crippen LogP contribution in [0.4, 0.5) is 0 Å². The van der Waals surface area contributed by atoms with Crippen LogP contribution in [0.25, 0.3) is 0 Å². The second-order valence-corrected chi connectivity index (χ2v) is 5.66. The molecule has 2 heteroatoms. The van der Waals surface area contributed by atoms with Crippen molar-refractivity contribution in [2.45, 2.75) is 52.5 Å². The number of nitrogens with one attached hydrogen (secondary N) is 1. The van der Waals surface area contributed by atoms with Gasteiger partial charge in [0.15, 0.2) is 0 Å². The number of rotatable bonds is 2. The van der Waals surface area contributed by atoms with Gasteiger partial charge in [-0.25, -0.2) is 0 Å². The van der Waals surface area contributed by atoms with Crippen molar-refractivity contribution in [3.63, 3.8) is 0 Å². The Morgan fingerprint density at radius 2 is 1.94 bits per heavy atom. The molecule has 2 atom stereocenters. The van der Waals surface area contributed by atoms with Gasteiger partial charge in [-0.05, 0) is 44.2 Å². The Balaban J connectivity index is 2.07. The first-order valence-electron chi connectivity index (χ1n) is 6.96. The summed E-state index contributed by atoms with van der Waals surface area (Å²) in [6, 6.07) is 6.37. The van der Waals surface area contributed by atoms with Crippen LogP contribution in [0.15, 0.2) is 18.2 Å². The van der Waals surface area contributed by atoms with Gasteiger partial charge in [-0.3, -0.25) is 4.79 Å². The predicted octanol–water partition coefficient (Wildman–Crippen LogP) is 3.61. The van der Waals surface area contributed by atoms with Gasteiger partial charge in [0, 0.05) is 11.6 Å². The molecular weight excluding hydrogens is 222 g/mol. The first-order valence-corrected chi connectivity index (χ1v) is 6.96. The molecule has 1 aliphatic rings. The molecule has 0 unspecified atom stereocenters. The quantitative estimate of drug-likeness (QED) is 0.847. The van der Waals surface area contributed by atoms with Crippen LogP contribution in [0.3, 0.4) is 0 Å². The van der Waals surface area contributed by atoms with E-state index < -0.39 is 0 Å². The molecule has 1 amide bonds. The van der Waals surface area contributed by atoms with E-state index >= 15 is 0 Å². The van der Waals surface area contributed by atoms with Gasteiger partial charge >= 0.3 is 0 Å². The zero-order valence-electron chi connectivity index (χ0n) is 11.6. The van der Waals surface area contributed by atoms with E-state index in [9.17, 15) is 4.79 Å². The number of aryl methyl sites for hydroxylation is 2. The molecule has 0 radical (unpaired) electrons. The highest BCUT2D eigenvalue weighted by molar-refractivity contribution is 5.95. The van der Waals surface area contributed by atoms with E-state index in [2.05, 4.69) is 25.2 Å². The largest absolute Gasteiger partial charge is 0.349 e. The van der Waals surface area contributed by atoms with Crippen LogP contribution >= 0.6 is 0 Å². The van der Waals surface area contributed by atoms with Gasteiger partial charge < -0.3 is 5.32 Å². The smallest absolute Gasteiger partial charge is 0.251 e. The van der Waals surface area contributed by atoms with Gasteiger partial charge in [-0.2, -0.15) is 0 Å². The van der Waals surface area contributed by atoms with Crippen molar-refractivity contribution in [2.75, 3.05) is 0 Å². The van der Waals surface area contributed by atoms with Crippen molar-refractivity contribution < 1.29 is 4.79 Å². The molecular formula is C16H23NO. The minimum absolute atomic E-state index is 0.0891. The molecule has 0 bridgehead atoms. The van der Waals surface area contributed by atoms with Crippen molar-refractivity contribution in [1.29, 1.82) is 0 Å². The Morgan fingerprint density at radius 1 is 1.22 bits per heavy atom. The molecule has 0 spiro atoms. The Kier molecular flexibility index (Phi) is 4.05. The maximum atomic E-state index is 12.3. The summed E-state index contributed by atoms with van der Waals surface area (Å²) in [6.07, 6.45) is 4.90. The van der Waals surface area contributed by atoms with Crippen molar-refractivity contribution in [3.05, 3.63) is 34.9 Å². The number of hydrogen-bond acceptors (Lipinski definition) is 1. The van der Waals surface area contributed by atoms with Gasteiger partial charge in [0.2, 0.25) is 0 Å². The summed E-state index contributed by atoms with van der Waals surface area (Å²) in [5, 5.41) is 3.21. The molecule has 0 aliphatic heterocycles. The zero-order chi connectivity index (χ0) is 13.1. The van der Waals surface area contributed by atoms with Crippen LogP contribution in [-0.4, -0.2) is 11.9 Å². The van der Waals surface area contributed by atoms with Crippen LogP contribution in [0, 0.1) is 19.8 Å². The molecule has 1 aromatic rings. The number of carbonyl (C=O) groups excluding carboxylic acids is 1. The summed E-state index contributed by atoms with van der Waals surface area (Å²) in [7, 11) is 0. The van der Waals surface area contributed by atoms with Crippen LogP contribution in [-0.2, 0) is 0 Å². The highest BCUT2D eigenvalue weighted by atomic mass is 16.1. The summed E-state index contributed by atoms with van der Waals surface area (Å²) in [5.41, 5.74) is 3.09. The molecule has 0 heterocycles. The van der Waals surface area contributed by atoms with Crippen LogP contribution in [0.5, 0.6) is 0 Å². The van der Waals surface area contributed by atoms with E-state index in [-0.39, 0.29) is 5.91 Å². The Bertz CT molecular complexity index is 439. The summed E-state index contributed by atoms with van der Waals surface area (Å²) in [5.74, 6) is 0.694. The lowest BCUT2D eigenvalue weighted by Gasteiger charge is -2.29. The van der Waals surface area contributed by atoms with Gasteiger partial charge in [0.05, 0.1) is 0 Å². The molecule has 2 nitrogen and oxygen atoms in total. The van der Waals surface area contributed by atoms with E-state index in [1.807, 2.05) is 19.1 Å². The fourth-order valence-electron chi connectivity index (χ4n) is 2.85. The zero-order valence-corrected chi connectivity index (χ0v) is 11.6. The first kappa shape index (κ1) is 13.1. The van der Waals surface area contributed by atoms with E-state index in [1.165, 1.54) is 24.8 Å². The maximum Gasteiger partial charge on any atom is 0.251 e.